The van der Waals surface area contributed by atoms with Crippen molar-refractivity contribution >= 4 is 39.9 Å². The number of rotatable bonds is 4. The molecule has 0 saturated heterocycles. The molecule has 128 valence electrons. The summed E-state index contributed by atoms with van der Waals surface area (Å²) >= 11 is 2.16. The Morgan fingerprint density at radius 3 is 2.60 bits per heavy atom. The summed E-state index contributed by atoms with van der Waals surface area (Å²) in [5.41, 5.74) is 0.290. The highest BCUT2D eigenvalue weighted by Gasteiger charge is 2.20. The number of aryl methyl sites for hydroxylation is 1. The lowest BCUT2D eigenvalue weighted by Crippen LogP contribution is -2.25. The number of aromatic hydroxyl groups is 1. The maximum Gasteiger partial charge on any atom is 0.323 e. The first-order valence-corrected chi connectivity index (χ1v) is 8.10. The number of carbonyl (C=O) groups is 1. The van der Waals surface area contributed by atoms with Gasteiger partial charge in [-0.3, -0.25) is 14.2 Å². The predicted octanol–water partition coefficient (Wildman–Crippen LogP) is 3.15. The molecule has 0 aliphatic carbocycles. The normalized spacial score (nSPS) is 10.8. The van der Waals surface area contributed by atoms with Crippen LogP contribution in [0.15, 0.2) is 33.2 Å². The van der Waals surface area contributed by atoms with Crippen molar-refractivity contribution < 1.29 is 15.0 Å². The summed E-state index contributed by atoms with van der Waals surface area (Å²) in [5, 5.41) is 36.0. The molecule has 0 fully saturated rings. The fraction of sp³-hybridized carbons (Fsp3) is 0.188. The number of aromatic nitrogens is 1. The van der Waals surface area contributed by atoms with Gasteiger partial charge < -0.3 is 10.2 Å². The molecule has 0 saturated carbocycles. The number of carboxylic acids is 1. The quantitative estimate of drug-likeness (QED) is 0.544. The highest BCUT2D eigenvalue weighted by Crippen LogP contribution is 2.28. The first-order valence-electron chi connectivity index (χ1n) is 7.02. The van der Waals surface area contributed by atoms with E-state index >= 15 is 0 Å². The van der Waals surface area contributed by atoms with E-state index in [2.05, 4.69) is 32.8 Å². The summed E-state index contributed by atoms with van der Waals surface area (Å²) in [7, 11) is 0. The molecule has 1 aromatic carbocycles. The number of azo groups is 1. The van der Waals surface area contributed by atoms with E-state index in [4.69, 9.17) is 5.11 Å². The Bertz CT molecular complexity index is 989. The molecular weight excluding hydrogens is 439 g/mol. The second-order valence-corrected chi connectivity index (χ2v) is 6.45. The Morgan fingerprint density at radius 1 is 1.36 bits per heavy atom. The number of benzene rings is 1. The summed E-state index contributed by atoms with van der Waals surface area (Å²) < 4.78 is 1.61. The fourth-order valence-corrected chi connectivity index (χ4v) is 2.82. The summed E-state index contributed by atoms with van der Waals surface area (Å²) in [6, 6.07) is 7.21. The van der Waals surface area contributed by atoms with E-state index in [-0.39, 0.29) is 16.8 Å². The number of halogens is 1. The van der Waals surface area contributed by atoms with Crippen LogP contribution in [-0.2, 0) is 11.3 Å². The summed E-state index contributed by atoms with van der Waals surface area (Å²) in [4.78, 5) is 23.4. The number of pyridine rings is 1. The van der Waals surface area contributed by atoms with Gasteiger partial charge in [-0.25, -0.2) is 0 Å². The van der Waals surface area contributed by atoms with Crippen molar-refractivity contribution in [3.8, 4) is 11.9 Å². The first kappa shape index (κ1) is 18.6. The lowest BCUT2D eigenvalue weighted by Gasteiger charge is -2.11. The molecule has 0 radical (unpaired) electrons. The largest absolute Gasteiger partial charge is 0.493 e. The van der Waals surface area contributed by atoms with E-state index in [0.717, 1.165) is 9.13 Å². The number of aliphatic carboxylic acids is 1. The molecule has 0 aliphatic rings. The maximum absolute atomic E-state index is 12.4. The molecule has 1 aromatic heterocycles. The van der Waals surface area contributed by atoms with E-state index < -0.39 is 24.0 Å². The van der Waals surface area contributed by atoms with Gasteiger partial charge in [-0.1, -0.05) is 0 Å². The highest BCUT2D eigenvalue weighted by atomic mass is 127. The van der Waals surface area contributed by atoms with Crippen LogP contribution in [0.25, 0.3) is 0 Å². The van der Waals surface area contributed by atoms with Gasteiger partial charge in [-0.05, 0) is 60.2 Å². The topological polar surface area (TPSA) is 128 Å². The smallest absolute Gasteiger partial charge is 0.323 e. The van der Waals surface area contributed by atoms with Gasteiger partial charge in [0.1, 0.15) is 18.2 Å². The van der Waals surface area contributed by atoms with Crippen molar-refractivity contribution in [2.75, 3.05) is 0 Å². The summed E-state index contributed by atoms with van der Waals surface area (Å²) in [6.45, 7) is 2.49. The van der Waals surface area contributed by atoms with Crippen molar-refractivity contribution in [3.05, 3.63) is 48.8 Å². The lowest BCUT2D eigenvalue weighted by molar-refractivity contribution is -0.137. The number of carboxylic acid groups (broad SMARTS) is 1. The molecule has 2 rings (SSSR count). The zero-order valence-corrected chi connectivity index (χ0v) is 15.5. The minimum Gasteiger partial charge on any atom is -0.493 e. The SMILES string of the molecule is Cc1cc(I)ccc1N=Nc1c(C)c(C#N)c(O)n(CC(=O)O)c1=O. The number of hydrogen-bond donors (Lipinski definition) is 2. The van der Waals surface area contributed by atoms with Crippen LogP contribution in [0.4, 0.5) is 11.4 Å². The molecule has 1 heterocycles. The second kappa shape index (κ2) is 7.43. The molecule has 0 amide bonds. The molecule has 9 heteroatoms. The van der Waals surface area contributed by atoms with Crippen molar-refractivity contribution in [1.29, 1.82) is 5.26 Å². The van der Waals surface area contributed by atoms with E-state index in [1.165, 1.54) is 6.92 Å². The van der Waals surface area contributed by atoms with Crippen LogP contribution < -0.4 is 5.56 Å². The lowest BCUT2D eigenvalue weighted by atomic mass is 10.1. The van der Waals surface area contributed by atoms with Crippen LogP contribution in [0.3, 0.4) is 0 Å². The summed E-state index contributed by atoms with van der Waals surface area (Å²) in [6.07, 6.45) is 0. The minimum absolute atomic E-state index is 0.138. The Kier molecular flexibility index (Phi) is 5.53. The Balaban J connectivity index is 2.64. The Labute approximate surface area is 156 Å². The fourth-order valence-electron chi connectivity index (χ4n) is 2.17. The van der Waals surface area contributed by atoms with E-state index in [1.54, 1.807) is 12.1 Å². The molecule has 8 nitrogen and oxygen atoms in total. The molecule has 0 spiro atoms. The van der Waals surface area contributed by atoms with Gasteiger partial charge in [0.15, 0.2) is 5.69 Å². The van der Waals surface area contributed by atoms with Gasteiger partial charge >= 0.3 is 5.97 Å². The minimum atomic E-state index is -1.33. The van der Waals surface area contributed by atoms with Crippen LogP contribution in [0, 0.1) is 28.7 Å². The number of nitriles is 1. The van der Waals surface area contributed by atoms with Gasteiger partial charge in [0, 0.05) is 9.13 Å². The number of hydrogen-bond acceptors (Lipinski definition) is 6. The molecule has 0 atom stereocenters. The third-order valence-electron chi connectivity index (χ3n) is 3.48. The molecular formula is C16H13IN4O4. The van der Waals surface area contributed by atoms with Crippen LogP contribution in [0.2, 0.25) is 0 Å². The van der Waals surface area contributed by atoms with Crippen LogP contribution >= 0.6 is 22.6 Å². The zero-order chi connectivity index (χ0) is 18.7. The zero-order valence-electron chi connectivity index (χ0n) is 13.3. The standard InChI is InChI=1S/C16H13IN4O4/c1-8-5-10(17)3-4-12(8)19-20-14-9(2)11(6-18)15(24)21(16(14)25)7-13(22)23/h3-5,24H,7H2,1-2H3,(H,22,23). The van der Waals surface area contributed by atoms with Crippen LogP contribution in [0.5, 0.6) is 5.88 Å². The van der Waals surface area contributed by atoms with Crippen molar-refractivity contribution in [2.24, 2.45) is 10.2 Å². The first-order chi connectivity index (χ1) is 11.8. The van der Waals surface area contributed by atoms with Gasteiger partial charge in [0.25, 0.3) is 5.56 Å². The van der Waals surface area contributed by atoms with E-state index in [9.17, 15) is 20.0 Å². The monoisotopic (exact) mass is 452 g/mol. The number of nitrogens with zero attached hydrogens (tertiary/aromatic N) is 4. The molecule has 0 unspecified atom stereocenters. The van der Waals surface area contributed by atoms with Crippen molar-refractivity contribution in [1.82, 2.24) is 4.57 Å². The molecule has 0 aliphatic heterocycles. The predicted molar refractivity (Wildman–Crippen MR) is 97.5 cm³/mol. The molecule has 25 heavy (non-hydrogen) atoms. The molecule has 2 N–H and O–H groups in total. The molecule has 2 aromatic rings. The average molecular weight is 452 g/mol. The van der Waals surface area contributed by atoms with Gasteiger partial charge in [-0.15, -0.1) is 5.11 Å². The molecule has 0 bridgehead atoms. The Morgan fingerprint density at radius 2 is 2.04 bits per heavy atom. The van der Waals surface area contributed by atoms with Gasteiger partial charge in [-0.2, -0.15) is 10.4 Å². The van der Waals surface area contributed by atoms with Crippen molar-refractivity contribution in [2.45, 2.75) is 20.4 Å². The second-order valence-electron chi connectivity index (χ2n) is 5.20. The van der Waals surface area contributed by atoms with E-state index in [1.807, 2.05) is 19.1 Å². The maximum atomic E-state index is 12.4. The summed E-state index contributed by atoms with van der Waals surface area (Å²) in [5.74, 6) is -2.03. The average Bonchev–Trinajstić information content (AvgIpc) is 2.53. The van der Waals surface area contributed by atoms with Gasteiger partial charge in [0.05, 0.1) is 5.69 Å². The van der Waals surface area contributed by atoms with Gasteiger partial charge in [0.2, 0.25) is 5.88 Å². The highest BCUT2D eigenvalue weighted by molar-refractivity contribution is 14.1. The third-order valence-corrected chi connectivity index (χ3v) is 4.15. The van der Waals surface area contributed by atoms with Crippen molar-refractivity contribution in [3.63, 3.8) is 0 Å². The Hall–Kier alpha value is -2.74. The van der Waals surface area contributed by atoms with Crippen LogP contribution in [-0.4, -0.2) is 20.7 Å². The third kappa shape index (κ3) is 3.85. The van der Waals surface area contributed by atoms with E-state index in [0.29, 0.717) is 10.3 Å². The van der Waals surface area contributed by atoms with Crippen LogP contribution in [0.1, 0.15) is 16.7 Å².